The lowest BCUT2D eigenvalue weighted by atomic mass is 10.2. The fourth-order valence-electron chi connectivity index (χ4n) is 2.22. The minimum absolute atomic E-state index is 0.218. The van der Waals surface area contributed by atoms with Gasteiger partial charge in [-0.15, -0.1) is 10.2 Å². The topological polar surface area (TPSA) is 73.3 Å². The van der Waals surface area contributed by atoms with Crippen LogP contribution < -0.4 is 14.8 Å². The fraction of sp³-hybridized carbons (Fsp3) is 0.0625. The highest BCUT2D eigenvalue weighted by Crippen LogP contribution is 2.37. The number of aromatic nitrogens is 2. The summed E-state index contributed by atoms with van der Waals surface area (Å²) in [4.78, 5) is 12.2. The van der Waals surface area contributed by atoms with Crippen LogP contribution in [0.25, 0.3) is 10.6 Å². The molecule has 0 atom stereocenters. The Morgan fingerprint density at radius 1 is 1.12 bits per heavy atom. The zero-order chi connectivity index (χ0) is 16.5. The molecular formula is C16H10ClN3O3S. The maximum Gasteiger partial charge on any atom is 0.257 e. The van der Waals surface area contributed by atoms with E-state index in [9.17, 15) is 4.79 Å². The van der Waals surface area contributed by atoms with Crippen LogP contribution in [0.5, 0.6) is 11.5 Å². The van der Waals surface area contributed by atoms with E-state index in [0.29, 0.717) is 32.2 Å². The molecule has 6 nitrogen and oxygen atoms in total. The van der Waals surface area contributed by atoms with Crippen LogP contribution in [-0.4, -0.2) is 22.9 Å². The number of anilines is 1. The van der Waals surface area contributed by atoms with Gasteiger partial charge < -0.3 is 9.47 Å². The van der Waals surface area contributed by atoms with Crippen LogP contribution in [0.2, 0.25) is 5.02 Å². The summed E-state index contributed by atoms with van der Waals surface area (Å²) in [7, 11) is 0. The number of benzene rings is 2. The van der Waals surface area contributed by atoms with Crippen molar-refractivity contribution >= 4 is 34.0 Å². The van der Waals surface area contributed by atoms with Gasteiger partial charge in [0.05, 0.1) is 0 Å². The highest BCUT2D eigenvalue weighted by molar-refractivity contribution is 7.18. The van der Waals surface area contributed by atoms with Crippen LogP contribution in [0.15, 0.2) is 42.5 Å². The number of hydrogen-bond acceptors (Lipinski definition) is 6. The van der Waals surface area contributed by atoms with Gasteiger partial charge >= 0.3 is 0 Å². The summed E-state index contributed by atoms with van der Waals surface area (Å²) in [6, 6.07) is 12.2. The molecule has 8 heteroatoms. The summed E-state index contributed by atoms with van der Waals surface area (Å²) in [5, 5.41) is 12.4. The first-order valence-corrected chi connectivity index (χ1v) is 8.19. The van der Waals surface area contributed by atoms with E-state index in [1.54, 1.807) is 24.3 Å². The number of nitrogens with one attached hydrogen (secondary N) is 1. The summed E-state index contributed by atoms with van der Waals surface area (Å²) < 4.78 is 10.6. The van der Waals surface area contributed by atoms with Crippen LogP contribution in [0.3, 0.4) is 0 Å². The van der Waals surface area contributed by atoms with Gasteiger partial charge in [0.1, 0.15) is 5.01 Å². The number of halogens is 1. The molecule has 1 aliphatic rings. The third kappa shape index (κ3) is 2.91. The number of ether oxygens (including phenoxy) is 2. The third-order valence-electron chi connectivity index (χ3n) is 3.35. The van der Waals surface area contributed by atoms with E-state index in [-0.39, 0.29) is 12.7 Å². The molecule has 0 bridgehead atoms. The molecule has 2 heterocycles. The smallest absolute Gasteiger partial charge is 0.257 e. The van der Waals surface area contributed by atoms with Crippen LogP contribution in [0.1, 0.15) is 10.4 Å². The Labute approximate surface area is 146 Å². The average Bonchev–Trinajstić information content (AvgIpc) is 3.23. The molecule has 120 valence electrons. The molecule has 0 saturated carbocycles. The van der Waals surface area contributed by atoms with Crippen LogP contribution in [0, 0.1) is 0 Å². The first-order valence-electron chi connectivity index (χ1n) is 6.99. The maximum atomic E-state index is 12.2. The van der Waals surface area contributed by atoms with E-state index in [2.05, 4.69) is 15.5 Å². The van der Waals surface area contributed by atoms with E-state index in [0.717, 1.165) is 5.56 Å². The van der Waals surface area contributed by atoms with Gasteiger partial charge in [-0.25, -0.2) is 0 Å². The Morgan fingerprint density at radius 2 is 2.00 bits per heavy atom. The fourth-order valence-corrected chi connectivity index (χ4v) is 3.14. The predicted molar refractivity (Wildman–Crippen MR) is 90.9 cm³/mol. The molecule has 0 aliphatic carbocycles. The average molecular weight is 360 g/mol. The van der Waals surface area contributed by atoms with Crippen molar-refractivity contribution in [3.05, 3.63) is 53.1 Å². The second kappa shape index (κ2) is 6.10. The lowest BCUT2D eigenvalue weighted by molar-refractivity contribution is 0.102. The van der Waals surface area contributed by atoms with Crippen molar-refractivity contribution in [1.82, 2.24) is 10.2 Å². The Morgan fingerprint density at radius 3 is 2.88 bits per heavy atom. The molecule has 1 amide bonds. The number of nitrogens with zero attached hydrogens (tertiary/aromatic N) is 2. The van der Waals surface area contributed by atoms with Crippen molar-refractivity contribution in [2.24, 2.45) is 0 Å². The number of hydrogen-bond donors (Lipinski definition) is 1. The Balaban J connectivity index is 1.53. The molecule has 0 fully saturated rings. The quantitative estimate of drug-likeness (QED) is 0.769. The van der Waals surface area contributed by atoms with Crippen molar-refractivity contribution in [2.45, 2.75) is 0 Å². The Hall–Kier alpha value is -2.64. The van der Waals surface area contributed by atoms with Crippen molar-refractivity contribution < 1.29 is 14.3 Å². The van der Waals surface area contributed by atoms with Gasteiger partial charge in [0.25, 0.3) is 5.91 Å². The molecule has 0 spiro atoms. The lowest BCUT2D eigenvalue weighted by Gasteiger charge is -2.01. The molecule has 1 N–H and O–H groups in total. The number of carbonyl (C=O) groups is 1. The summed E-state index contributed by atoms with van der Waals surface area (Å²) in [6.45, 7) is 0.218. The van der Waals surface area contributed by atoms with E-state index < -0.39 is 0 Å². The van der Waals surface area contributed by atoms with E-state index >= 15 is 0 Å². The molecule has 3 aromatic rings. The lowest BCUT2D eigenvalue weighted by Crippen LogP contribution is -2.11. The summed E-state index contributed by atoms with van der Waals surface area (Å²) in [5.41, 5.74) is 1.31. The minimum Gasteiger partial charge on any atom is -0.454 e. The number of fused-ring (bicyclic) bond motifs is 1. The summed E-state index contributed by atoms with van der Waals surface area (Å²) in [6.07, 6.45) is 0. The SMILES string of the molecule is O=C(Nc1nnc(-c2ccc3c(c2)OCO3)s1)c1cccc(Cl)c1. The minimum atomic E-state index is -0.286. The Bertz CT molecular complexity index is 928. The van der Waals surface area contributed by atoms with Gasteiger partial charge in [0.2, 0.25) is 11.9 Å². The highest BCUT2D eigenvalue weighted by atomic mass is 35.5. The largest absolute Gasteiger partial charge is 0.454 e. The normalized spacial score (nSPS) is 12.2. The maximum absolute atomic E-state index is 12.2. The van der Waals surface area contributed by atoms with Crippen LogP contribution in [-0.2, 0) is 0 Å². The molecule has 1 aliphatic heterocycles. The van der Waals surface area contributed by atoms with E-state index in [1.165, 1.54) is 11.3 Å². The summed E-state index contributed by atoms with van der Waals surface area (Å²) in [5.74, 6) is 1.09. The van der Waals surface area contributed by atoms with Gasteiger partial charge in [0, 0.05) is 16.1 Å². The zero-order valence-corrected chi connectivity index (χ0v) is 13.7. The third-order valence-corrected chi connectivity index (χ3v) is 4.47. The Kier molecular flexibility index (Phi) is 3.79. The van der Waals surface area contributed by atoms with Gasteiger partial charge in [0.15, 0.2) is 11.5 Å². The summed E-state index contributed by atoms with van der Waals surface area (Å²) >= 11 is 7.17. The van der Waals surface area contributed by atoms with Gasteiger partial charge in [-0.1, -0.05) is 29.0 Å². The molecule has 1 aromatic heterocycles. The molecule has 2 aromatic carbocycles. The monoisotopic (exact) mass is 359 g/mol. The van der Waals surface area contributed by atoms with Gasteiger partial charge in [-0.05, 0) is 36.4 Å². The molecule has 0 saturated heterocycles. The molecule has 0 radical (unpaired) electrons. The number of carbonyl (C=O) groups excluding carboxylic acids is 1. The highest BCUT2D eigenvalue weighted by Gasteiger charge is 2.16. The van der Waals surface area contributed by atoms with Crippen LogP contribution >= 0.6 is 22.9 Å². The molecule has 0 unspecified atom stereocenters. The molecular weight excluding hydrogens is 350 g/mol. The first-order chi connectivity index (χ1) is 11.7. The standard InChI is InChI=1S/C16H10ClN3O3S/c17-11-3-1-2-9(6-11)14(21)18-16-20-19-15(24-16)10-4-5-12-13(7-10)23-8-22-12/h1-7H,8H2,(H,18,20,21). The predicted octanol–water partition coefficient (Wildman–Crippen LogP) is 3.84. The zero-order valence-electron chi connectivity index (χ0n) is 12.2. The molecule has 4 rings (SSSR count). The van der Waals surface area contributed by atoms with Crippen molar-refractivity contribution in [2.75, 3.05) is 12.1 Å². The van der Waals surface area contributed by atoms with Crippen molar-refractivity contribution in [3.8, 4) is 22.1 Å². The van der Waals surface area contributed by atoms with E-state index in [4.69, 9.17) is 21.1 Å². The van der Waals surface area contributed by atoms with Crippen molar-refractivity contribution in [1.29, 1.82) is 0 Å². The van der Waals surface area contributed by atoms with Gasteiger partial charge in [-0.2, -0.15) is 0 Å². The second-order valence-corrected chi connectivity index (χ2v) is 6.36. The molecule has 24 heavy (non-hydrogen) atoms. The van der Waals surface area contributed by atoms with Gasteiger partial charge in [-0.3, -0.25) is 10.1 Å². The van der Waals surface area contributed by atoms with E-state index in [1.807, 2.05) is 18.2 Å². The van der Waals surface area contributed by atoms with Crippen LogP contribution in [0.4, 0.5) is 5.13 Å². The van der Waals surface area contributed by atoms with Crippen molar-refractivity contribution in [3.63, 3.8) is 0 Å². The number of rotatable bonds is 3. The first kappa shape index (κ1) is 14.9. The second-order valence-electron chi connectivity index (χ2n) is 4.94. The number of amides is 1.